The van der Waals surface area contributed by atoms with E-state index in [2.05, 4.69) is 10.2 Å². The highest BCUT2D eigenvalue weighted by molar-refractivity contribution is 5.84. The van der Waals surface area contributed by atoms with Gasteiger partial charge in [0.25, 0.3) is 0 Å². The van der Waals surface area contributed by atoms with E-state index < -0.39 is 0 Å². The van der Waals surface area contributed by atoms with Gasteiger partial charge in [0.05, 0.1) is 0 Å². The minimum absolute atomic E-state index is 0.661. The molecule has 1 fully saturated rings. The maximum atomic E-state index is 10.7. The van der Waals surface area contributed by atoms with Crippen molar-refractivity contribution < 1.29 is 4.79 Å². The Bertz CT molecular complexity index is 319. The summed E-state index contributed by atoms with van der Waals surface area (Å²) in [6.45, 7) is 3.87. The number of piperazine rings is 1. The van der Waals surface area contributed by atoms with Gasteiger partial charge in [-0.3, -0.25) is 4.79 Å². The van der Waals surface area contributed by atoms with Gasteiger partial charge in [0.1, 0.15) is 0 Å². The quantitative estimate of drug-likeness (QED) is 0.737. The Morgan fingerprint density at radius 1 is 1.21 bits per heavy atom. The Kier molecular flexibility index (Phi) is 2.79. The highest BCUT2D eigenvalue weighted by Gasteiger charge is 2.13. The summed E-state index contributed by atoms with van der Waals surface area (Å²) in [7, 11) is 0. The van der Waals surface area contributed by atoms with Crippen molar-refractivity contribution in [3.63, 3.8) is 0 Å². The molecule has 1 aliphatic heterocycles. The lowest BCUT2D eigenvalue weighted by Crippen LogP contribution is -2.43. The predicted octanol–water partition coefficient (Wildman–Crippen LogP) is 0.554. The Morgan fingerprint density at radius 3 is 2.64 bits per heavy atom. The molecular weight excluding hydrogens is 176 g/mol. The van der Waals surface area contributed by atoms with Crippen LogP contribution in [0, 0.1) is 0 Å². The van der Waals surface area contributed by atoms with E-state index in [9.17, 15) is 4.79 Å². The summed E-state index contributed by atoms with van der Waals surface area (Å²) in [5, 5.41) is 3.28. The summed E-state index contributed by atoms with van der Waals surface area (Å²) in [6.07, 6.45) is 1.98. The van der Waals surface area contributed by atoms with Crippen LogP contribution in [0.5, 0.6) is 0 Å². The standard InChI is InChI=1S/C11H13N2O/c14-9-10-3-1-2-4-11(10)13-7-5-12-6-8-13/h1-4,12H,5-8H2. The molecule has 0 aromatic heterocycles. The van der Waals surface area contributed by atoms with Gasteiger partial charge in [-0.2, -0.15) is 0 Å². The number of rotatable bonds is 2. The van der Waals surface area contributed by atoms with Crippen molar-refractivity contribution in [2.75, 3.05) is 31.1 Å². The van der Waals surface area contributed by atoms with Crippen molar-refractivity contribution in [2.45, 2.75) is 0 Å². The van der Waals surface area contributed by atoms with E-state index in [-0.39, 0.29) is 0 Å². The molecule has 1 radical (unpaired) electrons. The fraction of sp³-hybridized carbons (Fsp3) is 0.364. The molecule has 3 nitrogen and oxygen atoms in total. The van der Waals surface area contributed by atoms with Crippen LogP contribution in [0.1, 0.15) is 5.56 Å². The molecule has 1 heterocycles. The molecule has 1 aromatic rings. The summed E-state index contributed by atoms with van der Waals surface area (Å²) >= 11 is 0. The van der Waals surface area contributed by atoms with Crippen molar-refractivity contribution in [2.24, 2.45) is 0 Å². The zero-order chi connectivity index (χ0) is 9.80. The lowest BCUT2D eigenvalue weighted by atomic mass is 10.1. The van der Waals surface area contributed by atoms with Gasteiger partial charge in [0.15, 0.2) is 0 Å². The molecule has 0 unspecified atom stereocenters. The second-order valence-corrected chi connectivity index (χ2v) is 3.36. The highest BCUT2D eigenvalue weighted by atomic mass is 16.1. The number of hydrogen-bond acceptors (Lipinski definition) is 3. The first-order valence-electron chi connectivity index (χ1n) is 4.84. The normalized spacial score (nSPS) is 16.7. The first kappa shape index (κ1) is 9.21. The summed E-state index contributed by atoms with van der Waals surface area (Å²) in [6, 6.07) is 7.61. The SMILES string of the molecule is O=[C]c1ccccc1N1CCNCC1. The van der Waals surface area contributed by atoms with Crippen molar-refractivity contribution in [1.29, 1.82) is 0 Å². The Labute approximate surface area is 83.7 Å². The number of benzene rings is 1. The fourth-order valence-corrected chi connectivity index (χ4v) is 1.74. The fourth-order valence-electron chi connectivity index (χ4n) is 1.74. The van der Waals surface area contributed by atoms with Gasteiger partial charge in [-0.1, -0.05) is 12.1 Å². The zero-order valence-electron chi connectivity index (χ0n) is 7.99. The molecule has 1 N–H and O–H groups in total. The molecule has 14 heavy (non-hydrogen) atoms. The Hall–Kier alpha value is -1.35. The minimum Gasteiger partial charge on any atom is -0.368 e. The third-order valence-electron chi connectivity index (χ3n) is 2.47. The van der Waals surface area contributed by atoms with E-state index in [1.165, 1.54) is 0 Å². The van der Waals surface area contributed by atoms with Gasteiger partial charge < -0.3 is 10.2 Å². The van der Waals surface area contributed by atoms with Gasteiger partial charge in [0, 0.05) is 37.4 Å². The number of nitrogens with one attached hydrogen (secondary N) is 1. The lowest BCUT2D eigenvalue weighted by Gasteiger charge is -2.30. The van der Waals surface area contributed by atoms with Crippen molar-refractivity contribution in [1.82, 2.24) is 5.32 Å². The molecule has 3 heteroatoms. The summed E-state index contributed by atoms with van der Waals surface area (Å²) in [4.78, 5) is 12.9. The Morgan fingerprint density at radius 2 is 1.93 bits per heavy atom. The van der Waals surface area contributed by atoms with Gasteiger partial charge in [-0.15, -0.1) is 0 Å². The molecule has 1 saturated heterocycles. The van der Waals surface area contributed by atoms with Crippen LogP contribution in [0.4, 0.5) is 5.69 Å². The van der Waals surface area contributed by atoms with E-state index in [1.807, 2.05) is 30.6 Å². The van der Waals surface area contributed by atoms with Gasteiger partial charge >= 0.3 is 0 Å². The second kappa shape index (κ2) is 4.24. The van der Waals surface area contributed by atoms with E-state index in [0.29, 0.717) is 5.56 Å². The van der Waals surface area contributed by atoms with E-state index in [4.69, 9.17) is 0 Å². The van der Waals surface area contributed by atoms with Crippen molar-refractivity contribution in [3.05, 3.63) is 29.8 Å². The zero-order valence-corrected chi connectivity index (χ0v) is 7.99. The molecule has 0 saturated carbocycles. The van der Waals surface area contributed by atoms with Crippen LogP contribution in [0.15, 0.2) is 24.3 Å². The number of hydrogen-bond donors (Lipinski definition) is 1. The van der Waals surface area contributed by atoms with Crippen LogP contribution in [0.3, 0.4) is 0 Å². The highest BCUT2D eigenvalue weighted by Crippen LogP contribution is 2.18. The average Bonchev–Trinajstić information content (AvgIpc) is 2.30. The first-order valence-corrected chi connectivity index (χ1v) is 4.84. The molecule has 1 aliphatic rings. The molecule has 0 aliphatic carbocycles. The molecule has 73 valence electrons. The molecule has 2 rings (SSSR count). The third-order valence-corrected chi connectivity index (χ3v) is 2.47. The van der Waals surface area contributed by atoms with Crippen molar-refractivity contribution >= 4 is 12.0 Å². The smallest absolute Gasteiger partial charge is 0.235 e. The molecule has 0 atom stereocenters. The van der Waals surface area contributed by atoms with Crippen LogP contribution in [0.25, 0.3) is 0 Å². The molecule has 0 bridgehead atoms. The van der Waals surface area contributed by atoms with Crippen LogP contribution in [-0.2, 0) is 4.79 Å². The average molecular weight is 189 g/mol. The molecule has 1 aromatic carbocycles. The number of anilines is 1. The third kappa shape index (κ3) is 1.77. The van der Waals surface area contributed by atoms with Crippen molar-refractivity contribution in [3.8, 4) is 0 Å². The Balaban J connectivity index is 2.24. The van der Waals surface area contributed by atoms with Gasteiger partial charge in [0.2, 0.25) is 6.29 Å². The van der Waals surface area contributed by atoms with E-state index in [1.54, 1.807) is 0 Å². The predicted molar refractivity (Wildman–Crippen MR) is 56.3 cm³/mol. The van der Waals surface area contributed by atoms with Gasteiger partial charge in [-0.25, -0.2) is 0 Å². The van der Waals surface area contributed by atoms with E-state index in [0.717, 1.165) is 31.9 Å². The largest absolute Gasteiger partial charge is 0.368 e. The van der Waals surface area contributed by atoms with Crippen LogP contribution < -0.4 is 10.2 Å². The molecular formula is C11H13N2O. The molecule has 0 amide bonds. The van der Waals surface area contributed by atoms with Gasteiger partial charge in [-0.05, 0) is 12.1 Å². The van der Waals surface area contributed by atoms with Crippen LogP contribution in [-0.4, -0.2) is 32.5 Å². The lowest BCUT2D eigenvalue weighted by molar-refractivity contribution is 0.561. The van der Waals surface area contributed by atoms with E-state index >= 15 is 0 Å². The van der Waals surface area contributed by atoms with Crippen LogP contribution >= 0.6 is 0 Å². The summed E-state index contributed by atoms with van der Waals surface area (Å²) in [5.41, 5.74) is 1.67. The monoisotopic (exact) mass is 189 g/mol. The maximum Gasteiger partial charge on any atom is 0.235 e. The number of nitrogens with zero attached hydrogens (tertiary/aromatic N) is 1. The summed E-state index contributed by atoms with van der Waals surface area (Å²) < 4.78 is 0. The number of para-hydroxylation sites is 1. The van der Waals surface area contributed by atoms with Crippen LogP contribution in [0.2, 0.25) is 0 Å². The first-order chi connectivity index (χ1) is 6.92. The summed E-state index contributed by atoms with van der Waals surface area (Å²) in [5.74, 6) is 0. The minimum atomic E-state index is 0.661. The number of carbonyl (C=O) groups excluding carboxylic acids is 1. The maximum absolute atomic E-state index is 10.7. The molecule has 0 spiro atoms. The second-order valence-electron chi connectivity index (χ2n) is 3.36. The topological polar surface area (TPSA) is 32.3 Å².